The number of ether oxygens (including phenoxy) is 1. The number of nitrogens with one attached hydrogen (secondary N) is 2. The fourth-order valence-corrected chi connectivity index (χ4v) is 3.72. The second-order valence-electron chi connectivity index (χ2n) is 6.80. The number of nitrogens with zero attached hydrogens (tertiary/aromatic N) is 2. The predicted octanol–water partition coefficient (Wildman–Crippen LogP) is 4.74. The van der Waals surface area contributed by atoms with Crippen LogP contribution in [-0.4, -0.2) is 34.0 Å². The van der Waals surface area contributed by atoms with Gasteiger partial charge in [0.25, 0.3) is 0 Å². The second-order valence-corrected chi connectivity index (χ2v) is 8.18. The Labute approximate surface area is 179 Å². The van der Waals surface area contributed by atoms with Gasteiger partial charge in [0.2, 0.25) is 11.1 Å². The van der Waals surface area contributed by atoms with Crippen LogP contribution in [0.15, 0.2) is 53.7 Å². The maximum Gasteiger partial charge on any atom is 0.230 e. The number of thioether (sulfide) groups is 1. The van der Waals surface area contributed by atoms with Gasteiger partial charge >= 0.3 is 0 Å². The summed E-state index contributed by atoms with van der Waals surface area (Å²) in [6.07, 6.45) is 0. The lowest BCUT2D eigenvalue weighted by Crippen LogP contribution is -2.32. The molecule has 6 nitrogen and oxygen atoms in total. The molecule has 1 amide bonds. The summed E-state index contributed by atoms with van der Waals surface area (Å²) >= 11 is 7.35. The van der Waals surface area contributed by atoms with E-state index in [4.69, 9.17) is 16.3 Å². The minimum Gasteiger partial charge on any atom is -0.496 e. The smallest absolute Gasteiger partial charge is 0.230 e. The number of aromatic nitrogens is 3. The molecule has 0 aliphatic heterocycles. The molecule has 8 heteroatoms. The van der Waals surface area contributed by atoms with Crippen molar-refractivity contribution in [2.45, 2.75) is 25.0 Å². The van der Waals surface area contributed by atoms with Gasteiger partial charge in [-0.25, -0.2) is 4.98 Å². The fraction of sp³-hybridized carbons (Fsp3) is 0.286. The van der Waals surface area contributed by atoms with Crippen LogP contribution in [0.1, 0.15) is 25.5 Å². The van der Waals surface area contributed by atoms with E-state index in [1.54, 1.807) is 25.3 Å². The molecule has 29 heavy (non-hydrogen) atoms. The monoisotopic (exact) mass is 430 g/mol. The van der Waals surface area contributed by atoms with Crippen molar-refractivity contribution >= 4 is 29.3 Å². The van der Waals surface area contributed by atoms with Crippen molar-refractivity contribution in [1.82, 2.24) is 20.5 Å². The summed E-state index contributed by atoms with van der Waals surface area (Å²) in [5.41, 5.74) is 1.81. The average molecular weight is 431 g/mol. The lowest BCUT2D eigenvalue weighted by molar-refractivity contribution is -0.119. The maximum atomic E-state index is 12.5. The zero-order valence-corrected chi connectivity index (χ0v) is 18.1. The first-order valence-corrected chi connectivity index (χ1v) is 10.6. The van der Waals surface area contributed by atoms with Crippen molar-refractivity contribution < 1.29 is 9.53 Å². The summed E-state index contributed by atoms with van der Waals surface area (Å²) in [7, 11) is 1.58. The SMILES string of the molecule is COc1ccc(Cl)cc1-c1nc(SCC(=O)NC(c2ccccc2)C(C)C)n[nH]1. The molecule has 1 aromatic heterocycles. The van der Waals surface area contributed by atoms with Crippen LogP contribution in [0, 0.1) is 5.92 Å². The Kier molecular flexibility index (Phi) is 7.17. The quantitative estimate of drug-likeness (QED) is 0.504. The largest absolute Gasteiger partial charge is 0.496 e. The number of hydrogen-bond acceptors (Lipinski definition) is 5. The van der Waals surface area contributed by atoms with E-state index < -0.39 is 0 Å². The van der Waals surface area contributed by atoms with Crippen molar-refractivity contribution in [3.8, 4) is 17.1 Å². The molecular formula is C21H23ClN4O2S. The molecule has 1 atom stereocenters. The van der Waals surface area contributed by atoms with Crippen molar-refractivity contribution in [2.24, 2.45) is 5.92 Å². The van der Waals surface area contributed by atoms with Crippen molar-refractivity contribution in [3.63, 3.8) is 0 Å². The molecular weight excluding hydrogens is 408 g/mol. The highest BCUT2D eigenvalue weighted by molar-refractivity contribution is 7.99. The van der Waals surface area contributed by atoms with Crippen LogP contribution >= 0.6 is 23.4 Å². The van der Waals surface area contributed by atoms with Gasteiger partial charge in [-0.2, -0.15) is 0 Å². The molecule has 1 heterocycles. The van der Waals surface area contributed by atoms with Crippen LogP contribution in [0.4, 0.5) is 0 Å². The van der Waals surface area contributed by atoms with Crippen LogP contribution in [0.2, 0.25) is 5.02 Å². The molecule has 3 rings (SSSR count). The fourth-order valence-electron chi connectivity index (χ4n) is 2.94. The number of benzene rings is 2. The molecule has 2 N–H and O–H groups in total. The summed E-state index contributed by atoms with van der Waals surface area (Å²) < 4.78 is 5.35. The summed E-state index contributed by atoms with van der Waals surface area (Å²) in [6, 6.07) is 15.2. The number of halogens is 1. The normalized spacial score (nSPS) is 12.0. The van der Waals surface area contributed by atoms with E-state index in [9.17, 15) is 4.79 Å². The first-order valence-electron chi connectivity index (χ1n) is 9.21. The number of methoxy groups -OCH3 is 1. The van der Waals surface area contributed by atoms with Gasteiger partial charge in [-0.05, 0) is 29.7 Å². The average Bonchev–Trinajstić information content (AvgIpc) is 3.20. The van der Waals surface area contributed by atoms with E-state index >= 15 is 0 Å². The molecule has 0 spiro atoms. The van der Waals surface area contributed by atoms with E-state index in [2.05, 4.69) is 34.3 Å². The van der Waals surface area contributed by atoms with Crippen molar-refractivity contribution in [3.05, 3.63) is 59.1 Å². The van der Waals surface area contributed by atoms with E-state index in [1.165, 1.54) is 11.8 Å². The Bertz CT molecular complexity index is 962. The zero-order valence-electron chi connectivity index (χ0n) is 16.5. The third-order valence-electron chi connectivity index (χ3n) is 4.36. The maximum absolute atomic E-state index is 12.5. The summed E-state index contributed by atoms with van der Waals surface area (Å²) in [5.74, 6) is 1.61. The van der Waals surface area contributed by atoms with Gasteiger partial charge in [-0.15, -0.1) is 5.10 Å². The Morgan fingerprint density at radius 1 is 1.24 bits per heavy atom. The third-order valence-corrected chi connectivity index (χ3v) is 5.44. The zero-order chi connectivity index (χ0) is 20.8. The molecule has 0 fully saturated rings. The standard InChI is InChI=1S/C21H23ClN4O2S/c1-13(2)19(14-7-5-4-6-8-14)23-18(27)12-29-21-24-20(25-26-21)16-11-15(22)9-10-17(16)28-3/h4-11,13,19H,12H2,1-3H3,(H,23,27)(H,24,25,26). The van der Waals surface area contributed by atoms with Gasteiger partial charge in [0.15, 0.2) is 5.82 Å². The van der Waals surface area contributed by atoms with Gasteiger partial charge in [-0.3, -0.25) is 9.89 Å². The van der Waals surface area contributed by atoms with Gasteiger partial charge in [0.05, 0.1) is 24.5 Å². The number of H-pyrrole nitrogens is 1. The van der Waals surface area contributed by atoms with Crippen LogP contribution in [0.25, 0.3) is 11.4 Å². The Balaban J connectivity index is 1.63. The third kappa shape index (κ3) is 5.52. The molecule has 152 valence electrons. The Morgan fingerprint density at radius 3 is 2.69 bits per heavy atom. The number of carbonyl (C=O) groups excluding carboxylic acids is 1. The highest BCUT2D eigenvalue weighted by atomic mass is 35.5. The van der Waals surface area contributed by atoms with Gasteiger partial charge < -0.3 is 10.1 Å². The number of hydrogen-bond donors (Lipinski definition) is 2. The number of aromatic amines is 1. The minimum atomic E-state index is -0.0655. The van der Waals surface area contributed by atoms with Crippen LogP contribution in [0.5, 0.6) is 5.75 Å². The molecule has 2 aromatic carbocycles. The Morgan fingerprint density at radius 2 is 2.00 bits per heavy atom. The Hall–Kier alpha value is -2.51. The molecule has 0 radical (unpaired) electrons. The van der Waals surface area contributed by atoms with Crippen LogP contribution in [0.3, 0.4) is 0 Å². The molecule has 0 saturated carbocycles. The van der Waals surface area contributed by atoms with E-state index in [0.29, 0.717) is 27.3 Å². The first-order chi connectivity index (χ1) is 14.0. The molecule has 1 unspecified atom stereocenters. The lowest BCUT2D eigenvalue weighted by atomic mass is 9.96. The lowest BCUT2D eigenvalue weighted by Gasteiger charge is -2.22. The molecule has 3 aromatic rings. The van der Waals surface area contributed by atoms with Crippen LogP contribution in [-0.2, 0) is 4.79 Å². The highest BCUT2D eigenvalue weighted by Gasteiger charge is 2.19. The van der Waals surface area contributed by atoms with E-state index in [0.717, 1.165) is 5.56 Å². The van der Waals surface area contributed by atoms with Gasteiger partial charge in [0.1, 0.15) is 5.75 Å². The minimum absolute atomic E-state index is 0.0391. The van der Waals surface area contributed by atoms with Gasteiger partial charge in [-0.1, -0.05) is 67.5 Å². The second kappa shape index (κ2) is 9.80. The number of rotatable bonds is 8. The molecule has 0 saturated heterocycles. The predicted molar refractivity (Wildman–Crippen MR) is 116 cm³/mol. The van der Waals surface area contributed by atoms with Gasteiger partial charge in [0, 0.05) is 5.02 Å². The molecule has 0 bridgehead atoms. The number of carbonyl (C=O) groups is 1. The summed E-state index contributed by atoms with van der Waals surface area (Å²) in [5, 5.41) is 11.2. The van der Waals surface area contributed by atoms with Crippen molar-refractivity contribution in [2.75, 3.05) is 12.9 Å². The highest BCUT2D eigenvalue weighted by Crippen LogP contribution is 2.31. The molecule has 0 aliphatic rings. The van der Waals surface area contributed by atoms with Crippen molar-refractivity contribution in [1.29, 1.82) is 0 Å². The van der Waals surface area contributed by atoms with E-state index in [-0.39, 0.29) is 23.6 Å². The topological polar surface area (TPSA) is 79.9 Å². The first kappa shape index (κ1) is 21.2. The molecule has 0 aliphatic carbocycles. The van der Waals surface area contributed by atoms with E-state index in [1.807, 2.05) is 30.3 Å². The number of amides is 1. The summed E-state index contributed by atoms with van der Waals surface area (Å²) in [4.78, 5) is 16.9. The van der Waals surface area contributed by atoms with Crippen LogP contribution < -0.4 is 10.1 Å². The summed E-state index contributed by atoms with van der Waals surface area (Å²) in [6.45, 7) is 4.18.